The molecule has 0 aliphatic heterocycles. The van der Waals surface area contributed by atoms with Crippen LogP contribution in [0.1, 0.15) is 73.7 Å². The second kappa shape index (κ2) is 13.8. The minimum absolute atomic E-state index is 0.0841. The van der Waals surface area contributed by atoms with Crippen LogP contribution in [0.15, 0.2) is 71.3 Å². The maximum absolute atomic E-state index is 12.7. The highest BCUT2D eigenvalue weighted by atomic mass is 16.5. The molecule has 0 aliphatic rings. The van der Waals surface area contributed by atoms with Crippen molar-refractivity contribution in [1.82, 2.24) is 9.88 Å². The van der Waals surface area contributed by atoms with Gasteiger partial charge in [0.05, 0.1) is 12.5 Å². The quantitative estimate of drug-likeness (QED) is 0.152. The van der Waals surface area contributed by atoms with Crippen LogP contribution >= 0.6 is 0 Å². The average Bonchev–Trinajstić information content (AvgIpc) is 3.30. The Morgan fingerprint density at radius 3 is 2.56 bits per heavy atom. The zero-order valence-corrected chi connectivity index (χ0v) is 24.2. The molecule has 0 aliphatic carbocycles. The summed E-state index contributed by atoms with van der Waals surface area (Å²) in [5, 5.41) is 13.6. The van der Waals surface area contributed by atoms with E-state index in [4.69, 9.17) is 14.3 Å². The molecule has 4 aromatic rings. The molecule has 4 rings (SSSR count). The number of unbranched alkanes of at least 4 members (excludes halogenated alkanes) is 2. The van der Waals surface area contributed by atoms with Crippen LogP contribution in [-0.4, -0.2) is 40.5 Å². The first-order chi connectivity index (χ1) is 19.8. The molecule has 2 aromatic heterocycles. The molecule has 8 nitrogen and oxygen atoms in total. The Labute approximate surface area is 241 Å². The fourth-order valence-corrected chi connectivity index (χ4v) is 4.93. The third-order valence-electron chi connectivity index (χ3n) is 7.38. The molecule has 2 unspecified atom stereocenters. The number of nitrogens with one attached hydrogen (secondary N) is 1. The molecule has 0 bridgehead atoms. The maximum Gasteiger partial charge on any atom is 0.305 e. The van der Waals surface area contributed by atoms with E-state index in [2.05, 4.69) is 31.1 Å². The Morgan fingerprint density at radius 2 is 1.88 bits per heavy atom. The summed E-state index contributed by atoms with van der Waals surface area (Å²) in [5.74, 6) is 1.26. The van der Waals surface area contributed by atoms with Crippen LogP contribution < -0.4 is 10.1 Å². The van der Waals surface area contributed by atoms with Crippen molar-refractivity contribution in [3.8, 4) is 11.6 Å². The molecule has 0 radical (unpaired) electrons. The number of benzene rings is 2. The van der Waals surface area contributed by atoms with Gasteiger partial charge >= 0.3 is 5.97 Å². The number of hydrogen-bond acceptors (Lipinski definition) is 6. The van der Waals surface area contributed by atoms with Gasteiger partial charge in [0, 0.05) is 48.1 Å². The Bertz CT molecular complexity index is 1450. The van der Waals surface area contributed by atoms with E-state index in [1.54, 1.807) is 25.4 Å². The van der Waals surface area contributed by atoms with Crippen LogP contribution in [0.2, 0.25) is 0 Å². The number of nitrogens with zero attached hydrogens (tertiary/aromatic N) is 2. The highest BCUT2D eigenvalue weighted by molar-refractivity contribution is 5.94. The summed E-state index contributed by atoms with van der Waals surface area (Å²) in [4.78, 5) is 29.3. The van der Waals surface area contributed by atoms with Crippen molar-refractivity contribution in [3.63, 3.8) is 0 Å². The van der Waals surface area contributed by atoms with Gasteiger partial charge in [-0.05, 0) is 67.8 Å². The number of carbonyl (C=O) groups excluding carboxylic acids is 1. The number of aliphatic carboxylic acids is 1. The van der Waals surface area contributed by atoms with E-state index in [1.807, 2.05) is 48.5 Å². The lowest BCUT2D eigenvalue weighted by molar-refractivity contribution is -0.137. The Kier molecular flexibility index (Phi) is 10.0. The summed E-state index contributed by atoms with van der Waals surface area (Å²) in [6.45, 7) is 6.68. The Balaban J connectivity index is 1.58. The van der Waals surface area contributed by atoms with Gasteiger partial charge in [-0.1, -0.05) is 39.2 Å². The van der Waals surface area contributed by atoms with Gasteiger partial charge in [0.15, 0.2) is 0 Å². The van der Waals surface area contributed by atoms with Crippen LogP contribution in [0.25, 0.3) is 11.0 Å². The first-order valence-electron chi connectivity index (χ1n) is 14.2. The maximum atomic E-state index is 12.7. The normalized spacial score (nSPS) is 12.6. The van der Waals surface area contributed by atoms with Crippen LogP contribution in [0, 0.1) is 12.8 Å². The van der Waals surface area contributed by atoms with Crippen LogP contribution in [-0.2, 0) is 4.79 Å². The standard InChI is InChI=1S/C33H39N3O5/c1-5-6-7-10-22(2)31(35-25-14-12-24(13-15-25)33(39)36(4)20-18-30(37)38)32-23(3)27-21-26(16-17-28(27)41-32)40-29-11-8-9-19-34-29/h8-9,11-17,19,21-22,31,35H,5-7,10,18,20H2,1-4H3,(H,37,38). The van der Waals surface area contributed by atoms with E-state index in [-0.39, 0.29) is 30.8 Å². The van der Waals surface area contributed by atoms with E-state index >= 15 is 0 Å². The number of carboxylic acid groups (broad SMARTS) is 1. The Hall–Kier alpha value is -4.33. The fourth-order valence-electron chi connectivity index (χ4n) is 4.93. The van der Waals surface area contributed by atoms with Gasteiger partial charge in [0.1, 0.15) is 17.1 Å². The van der Waals surface area contributed by atoms with Crippen LogP contribution in [0.5, 0.6) is 11.6 Å². The van der Waals surface area contributed by atoms with Crippen LogP contribution in [0.4, 0.5) is 5.69 Å². The number of ether oxygens (including phenoxy) is 1. The topological polar surface area (TPSA) is 105 Å². The molecule has 41 heavy (non-hydrogen) atoms. The number of furan rings is 1. The van der Waals surface area contributed by atoms with Crippen molar-refractivity contribution in [2.75, 3.05) is 18.9 Å². The molecule has 0 saturated heterocycles. The SMILES string of the molecule is CCCCCC(C)C(Nc1ccc(C(=O)N(C)CCC(=O)O)cc1)c1oc2ccc(Oc3ccccn3)cc2c1C. The number of carbonyl (C=O) groups is 2. The summed E-state index contributed by atoms with van der Waals surface area (Å²) in [7, 11) is 1.61. The fraction of sp³-hybridized carbons (Fsp3) is 0.364. The molecular weight excluding hydrogens is 518 g/mol. The van der Waals surface area contributed by atoms with E-state index in [9.17, 15) is 9.59 Å². The second-order valence-corrected chi connectivity index (χ2v) is 10.6. The third-order valence-corrected chi connectivity index (χ3v) is 7.38. The molecule has 216 valence electrons. The molecule has 2 heterocycles. The number of amides is 1. The van der Waals surface area contributed by atoms with Gasteiger partial charge in [-0.3, -0.25) is 9.59 Å². The summed E-state index contributed by atoms with van der Waals surface area (Å²) < 4.78 is 12.4. The molecule has 2 aromatic carbocycles. The molecule has 8 heteroatoms. The van der Waals surface area contributed by atoms with Crippen molar-refractivity contribution in [2.24, 2.45) is 5.92 Å². The lowest BCUT2D eigenvalue weighted by Gasteiger charge is -2.25. The Morgan fingerprint density at radius 1 is 1.10 bits per heavy atom. The highest BCUT2D eigenvalue weighted by Crippen LogP contribution is 2.38. The van der Waals surface area contributed by atoms with E-state index in [1.165, 1.54) is 11.3 Å². The first-order valence-corrected chi connectivity index (χ1v) is 14.2. The predicted molar refractivity (Wildman–Crippen MR) is 161 cm³/mol. The number of aromatic nitrogens is 1. The highest BCUT2D eigenvalue weighted by Gasteiger charge is 2.26. The third kappa shape index (κ3) is 7.66. The second-order valence-electron chi connectivity index (χ2n) is 10.6. The first kappa shape index (κ1) is 29.6. The molecule has 0 saturated carbocycles. The van der Waals surface area contributed by atoms with Gasteiger partial charge in [0.2, 0.25) is 5.88 Å². The lowest BCUT2D eigenvalue weighted by Crippen LogP contribution is -2.29. The number of pyridine rings is 1. The van der Waals surface area contributed by atoms with Crippen LogP contribution in [0.3, 0.4) is 0 Å². The minimum atomic E-state index is -0.930. The largest absolute Gasteiger partial charge is 0.481 e. The van der Waals surface area contributed by atoms with Crippen molar-refractivity contribution >= 4 is 28.5 Å². The zero-order chi connectivity index (χ0) is 29.4. The van der Waals surface area contributed by atoms with Gasteiger partial charge in [0.25, 0.3) is 5.91 Å². The van der Waals surface area contributed by atoms with Crippen molar-refractivity contribution in [1.29, 1.82) is 0 Å². The summed E-state index contributed by atoms with van der Waals surface area (Å²) in [6, 6.07) is 18.6. The number of aryl methyl sites for hydroxylation is 1. The smallest absolute Gasteiger partial charge is 0.305 e. The van der Waals surface area contributed by atoms with Gasteiger partial charge in [-0.25, -0.2) is 4.98 Å². The van der Waals surface area contributed by atoms with Gasteiger partial charge < -0.3 is 24.5 Å². The predicted octanol–water partition coefficient (Wildman–Crippen LogP) is 7.84. The molecule has 2 N–H and O–H groups in total. The number of carboxylic acids is 1. The minimum Gasteiger partial charge on any atom is -0.481 e. The molecule has 1 amide bonds. The summed E-state index contributed by atoms with van der Waals surface area (Å²) in [5.41, 5.74) is 3.24. The van der Waals surface area contributed by atoms with Gasteiger partial charge in [-0.2, -0.15) is 0 Å². The number of anilines is 1. The molecule has 0 fully saturated rings. The molecule has 2 atom stereocenters. The summed E-state index contributed by atoms with van der Waals surface area (Å²) in [6.07, 6.45) is 6.12. The lowest BCUT2D eigenvalue weighted by atomic mass is 9.91. The number of rotatable bonds is 14. The summed E-state index contributed by atoms with van der Waals surface area (Å²) >= 11 is 0. The van der Waals surface area contributed by atoms with Crippen molar-refractivity contribution < 1.29 is 23.8 Å². The average molecular weight is 558 g/mol. The molecular formula is C33H39N3O5. The molecule has 0 spiro atoms. The number of hydrogen-bond donors (Lipinski definition) is 2. The van der Waals surface area contributed by atoms with E-state index < -0.39 is 5.97 Å². The van der Waals surface area contributed by atoms with Crippen molar-refractivity contribution in [2.45, 2.75) is 58.9 Å². The van der Waals surface area contributed by atoms with Gasteiger partial charge in [-0.15, -0.1) is 0 Å². The number of fused-ring (bicyclic) bond motifs is 1. The zero-order valence-electron chi connectivity index (χ0n) is 24.2. The van der Waals surface area contributed by atoms with E-state index in [0.717, 1.165) is 47.2 Å². The monoisotopic (exact) mass is 557 g/mol. The van der Waals surface area contributed by atoms with Crippen molar-refractivity contribution in [3.05, 3.63) is 83.7 Å². The van der Waals surface area contributed by atoms with E-state index in [0.29, 0.717) is 17.2 Å².